The smallest absolute Gasteiger partial charge is 0.226 e. The van der Waals surface area contributed by atoms with Gasteiger partial charge in [-0.15, -0.1) is 0 Å². The van der Waals surface area contributed by atoms with Gasteiger partial charge in [-0.2, -0.15) is 0 Å². The van der Waals surface area contributed by atoms with E-state index in [1.54, 1.807) is 0 Å². The summed E-state index contributed by atoms with van der Waals surface area (Å²) in [6.07, 6.45) is 0.269. The molecule has 0 spiro atoms. The summed E-state index contributed by atoms with van der Waals surface area (Å²) >= 11 is 0. The molecule has 0 heterocycles. The van der Waals surface area contributed by atoms with Crippen molar-refractivity contribution in [2.24, 2.45) is 5.73 Å². The third-order valence-electron chi connectivity index (χ3n) is 3.67. The van der Waals surface area contributed by atoms with E-state index in [1.165, 1.54) is 5.56 Å². The first-order chi connectivity index (χ1) is 10.4. The fourth-order valence-electron chi connectivity index (χ4n) is 2.28. The van der Waals surface area contributed by atoms with Gasteiger partial charge in [0.25, 0.3) is 0 Å². The molecule has 1 unspecified atom stereocenters. The molecule has 22 heavy (non-hydrogen) atoms. The van der Waals surface area contributed by atoms with Gasteiger partial charge < -0.3 is 11.1 Å². The highest BCUT2D eigenvalue weighted by molar-refractivity contribution is 5.91. The van der Waals surface area contributed by atoms with Gasteiger partial charge in [-0.1, -0.05) is 63.2 Å². The van der Waals surface area contributed by atoms with E-state index in [4.69, 9.17) is 5.73 Å². The zero-order valence-electron chi connectivity index (χ0n) is 13.5. The summed E-state index contributed by atoms with van der Waals surface area (Å²) in [6.45, 7) is 6.50. The largest absolute Gasteiger partial charge is 0.326 e. The summed E-state index contributed by atoms with van der Waals surface area (Å²) < 4.78 is 0. The van der Waals surface area contributed by atoms with Crippen LogP contribution in [0.4, 0.5) is 5.69 Å². The van der Waals surface area contributed by atoms with Crippen LogP contribution in [0.15, 0.2) is 54.6 Å². The lowest BCUT2D eigenvalue weighted by molar-refractivity contribution is -0.116. The molecule has 3 nitrogen and oxygen atoms in total. The van der Waals surface area contributed by atoms with Crippen molar-refractivity contribution < 1.29 is 4.79 Å². The molecule has 0 aliphatic carbocycles. The molecule has 3 heteroatoms. The van der Waals surface area contributed by atoms with Crippen LogP contribution in [0, 0.1) is 0 Å². The van der Waals surface area contributed by atoms with Gasteiger partial charge in [-0.25, -0.2) is 0 Å². The maximum atomic E-state index is 12.1. The molecule has 2 aromatic rings. The molecule has 0 saturated heterocycles. The second-order valence-corrected chi connectivity index (χ2v) is 6.60. The van der Waals surface area contributed by atoms with Crippen molar-refractivity contribution in [1.29, 1.82) is 0 Å². The van der Waals surface area contributed by atoms with Crippen molar-refractivity contribution in [3.63, 3.8) is 0 Å². The van der Waals surface area contributed by atoms with Gasteiger partial charge >= 0.3 is 0 Å². The number of carbonyl (C=O) groups excluding carboxylic acids is 1. The number of nitrogens with one attached hydrogen (secondary N) is 1. The summed E-state index contributed by atoms with van der Waals surface area (Å²) in [4.78, 5) is 12.1. The molecule has 0 bridgehead atoms. The number of carbonyl (C=O) groups is 1. The minimum atomic E-state index is -0.282. The Hall–Kier alpha value is -2.13. The van der Waals surface area contributed by atoms with E-state index in [1.807, 2.05) is 54.6 Å². The first kappa shape index (κ1) is 16.2. The Balaban J connectivity index is 1.95. The van der Waals surface area contributed by atoms with Crippen molar-refractivity contribution in [3.05, 3.63) is 65.7 Å². The van der Waals surface area contributed by atoms with Gasteiger partial charge in [0.1, 0.15) is 0 Å². The van der Waals surface area contributed by atoms with Gasteiger partial charge in [0.05, 0.1) is 0 Å². The number of amides is 1. The van der Waals surface area contributed by atoms with Crippen molar-refractivity contribution in [2.45, 2.75) is 38.6 Å². The number of rotatable bonds is 4. The normalized spacial score (nSPS) is 12.7. The molecule has 1 amide bonds. The molecular weight excluding hydrogens is 272 g/mol. The van der Waals surface area contributed by atoms with E-state index >= 15 is 0 Å². The van der Waals surface area contributed by atoms with Gasteiger partial charge in [0.2, 0.25) is 5.91 Å². The van der Waals surface area contributed by atoms with Gasteiger partial charge in [0, 0.05) is 18.2 Å². The number of benzene rings is 2. The highest BCUT2D eigenvalue weighted by atomic mass is 16.1. The van der Waals surface area contributed by atoms with Crippen LogP contribution in [0.5, 0.6) is 0 Å². The van der Waals surface area contributed by atoms with Gasteiger partial charge in [-0.05, 0) is 28.7 Å². The fourth-order valence-corrected chi connectivity index (χ4v) is 2.28. The Morgan fingerprint density at radius 1 is 1.05 bits per heavy atom. The molecule has 0 aliphatic heterocycles. The maximum Gasteiger partial charge on any atom is 0.226 e. The van der Waals surface area contributed by atoms with Crippen LogP contribution < -0.4 is 11.1 Å². The van der Waals surface area contributed by atoms with Crippen LogP contribution in [0.2, 0.25) is 0 Å². The summed E-state index contributed by atoms with van der Waals surface area (Å²) in [6, 6.07) is 17.4. The Labute approximate surface area is 132 Å². The van der Waals surface area contributed by atoms with E-state index in [9.17, 15) is 4.79 Å². The van der Waals surface area contributed by atoms with Crippen LogP contribution >= 0.6 is 0 Å². The first-order valence-corrected chi connectivity index (χ1v) is 7.57. The van der Waals surface area contributed by atoms with Crippen molar-refractivity contribution in [1.82, 2.24) is 0 Å². The van der Waals surface area contributed by atoms with E-state index in [0.717, 1.165) is 11.3 Å². The van der Waals surface area contributed by atoms with E-state index in [0.29, 0.717) is 0 Å². The van der Waals surface area contributed by atoms with Crippen LogP contribution in [0.25, 0.3) is 0 Å². The summed E-state index contributed by atoms with van der Waals surface area (Å²) in [7, 11) is 0. The Morgan fingerprint density at radius 2 is 1.64 bits per heavy atom. The summed E-state index contributed by atoms with van der Waals surface area (Å²) in [5, 5.41) is 2.90. The molecule has 0 radical (unpaired) electrons. The van der Waals surface area contributed by atoms with E-state index in [2.05, 4.69) is 26.1 Å². The predicted octanol–water partition coefficient (Wildman–Crippen LogP) is 4.01. The maximum absolute atomic E-state index is 12.1. The molecule has 0 saturated carbocycles. The lowest BCUT2D eigenvalue weighted by atomic mass is 9.87. The van der Waals surface area contributed by atoms with Crippen molar-refractivity contribution >= 4 is 11.6 Å². The number of hydrogen-bond acceptors (Lipinski definition) is 2. The van der Waals surface area contributed by atoms with Crippen LogP contribution in [-0.4, -0.2) is 5.91 Å². The van der Waals surface area contributed by atoms with Crippen LogP contribution in [0.3, 0.4) is 0 Å². The van der Waals surface area contributed by atoms with E-state index in [-0.39, 0.29) is 23.8 Å². The molecule has 0 fully saturated rings. The average molecular weight is 296 g/mol. The third kappa shape index (κ3) is 4.43. The summed E-state index contributed by atoms with van der Waals surface area (Å²) in [5.74, 6) is -0.0696. The quantitative estimate of drug-likeness (QED) is 0.895. The predicted molar refractivity (Wildman–Crippen MR) is 91.8 cm³/mol. The first-order valence-electron chi connectivity index (χ1n) is 7.57. The molecule has 3 N–H and O–H groups in total. The van der Waals surface area contributed by atoms with Crippen LogP contribution in [-0.2, 0) is 10.2 Å². The second-order valence-electron chi connectivity index (χ2n) is 6.60. The Bertz CT molecular complexity index is 612. The molecule has 116 valence electrons. The molecule has 2 rings (SSSR count). The molecule has 0 aromatic heterocycles. The Kier molecular flexibility index (Phi) is 4.99. The molecule has 1 atom stereocenters. The fraction of sp³-hybridized carbons (Fsp3) is 0.316. The zero-order chi connectivity index (χ0) is 16.2. The average Bonchev–Trinajstić information content (AvgIpc) is 2.47. The zero-order valence-corrected chi connectivity index (χ0v) is 13.5. The molecule has 0 aliphatic rings. The van der Waals surface area contributed by atoms with Gasteiger partial charge in [-0.3, -0.25) is 4.79 Å². The highest BCUT2D eigenvalue weighted by Crippen LogP contribution is 2.23. The lowest BCUT2D eigenvalue weighted by Crippen LogP contribution is -2.20. The topological polar surface area (TPSA) is 55.1 Å². The lowest BCUT2D eigenvalue weighted by Gasteiger charge is -2.19. The minimum Gasteiger partial charge on any atom is -0.326 e. The molecule has 2 aromatic carbocycles. The number of anilines is 1. The monoisotopic (exact) mass is 296 g/mol. The third-order valence-corrected chi connectivity index (χ3v) is 3.67. The van der Waals surface area contributed by atoms with Gasteiger partial charge in [0.15, 0.2) is 0 Å². The SMILES string of the molecule is CC(C)(C)c1ccc(NC(=O)CC(N)c2ccccc2)cc1. The van der Waals surface area contributed by atoms with Crippen molar-refractivity contribution in [2.75, 3.05) is 5.32 Å². The minimum absolute atomic E-state index is 0.0696. The number of hydrogen-bond donors (Lipinski definition) is 2. The number of nitrogens with two attached hydrogens (primary N) is 1. The second kappa shape index (κ2) is 6.75. The summed E-state index contributed by atoms with van der Waals surface area (Å²) in [5.41, 5.74) is 9.20. The molecular formula is C19H24N2O. The Morgan fingerprint density at radius 3 is 2.18 bits per heavy atom. The van der Waals surface area contributed by atoms with Crippen LogP contribution in [0.1, 0.15) is 44.4 Å². The standard InChI is InChI=1S/C19H24N2O/c1-19(2,3)15-9-11-16(12-10-15)21-18(22)13-17(20)14-7-5-4-6-8-14/h4-12,17H,13,20H2,1-3H3,(H,21,22). The highest BCUT2D eigenvalue weighted by Gasteiger charge is 2.14. The van der Waals surface area contributed by atoms with E-state index < -0.39 is 0 Å². The van der Waals surface area contributed by atoms with Crippen molar-refractivity contribution in [3.8, 4) is 0 Å².